The first kappa shape index (κ1) is 12.3. The van der Waals surface area contributed by atoms with Crippen LogP contribution in [0.25, 0.3) is 0 Å². The lowest BCUT2D eigenvalue weighted by atomic mass is 10.2. The number of benzene rings is 2. The average Bonchev–Trinajstić information content (AvgIpc) is 2.46. The van der Waals surface area contributed by atoms with Gasteiger partial charge in [0.2, 0.25) is 0 Å². The molecular weight excluding hydrogens is 224 g/mol. The highest BCUT2D eigenvalue weighted by Crippen LogP contribution is 2.27. The Balaban J connectivity index is 2.25. The maximum Gasteiger partial charge on any atom is 0.119 e. The maximum absolute atomic E-state index is 5.16. The lowest BCUT2D eigenvalue weighted by Gasteiger charge is -2.20. The minimum absolute atomic E-state index is 0.871. The summed E-state index contributed by atoms with van der Waals surface area (Å²) in [6.07, 6.45) is 0. The average molecular weight is 242 g/mol. The van der Waals surface area contributed by atoms with Gasteiger partial charge in [0.1, 0.15) is 5.75 Å². The molecule has 0 aromatic heterocycles. The second kappa shape index (κ2) is 5.45. The van der Waals surface area contributed by atoms with E-state index in [0.29, 0.717) is 0 Å². The predicted octanol–water partition coefficient (Wildman–Crippen LogP) is 3.50. The van der Waals surface area contributed by atoms with E-state index in [1.807, 2.05) is 43.4 Å². The molecule has 0 saturated carbocycles. The molecule has 0 bridgehead atoms. The lowest BCUT2D eigenvalue weighted by molar-refractivity contribution is 0.415. The highest BCUT2D eigenvalue weighted by molar-refractivity contribution is 5.66. The van der Waals surface area contributed by atoms with E-state index in [-0.39, 0.29) is 0 Å². The van der Waals surface area contributed by atoms with Crippen molar-refractivity contribution < 1.29 is 4.74 Å². The van der Waals surface area contributed by atoms with Crippen molar-refractivity contribution in [3.63, 3.8) is 0 Å². The summed E-state index contributed by atoms with van der Waals surface area (Å²) in [6, 6.07) is 16.3. The summed E-state index contributed by atoms with van der Waals surface area (Å²) in [5, 5.41) is 3.15. The molecule has 0 atom stereocenters. The van der Waals surface area contributed by atoms with Gasteiger partial charge in [0.15, 0.2) is 0 Å². The fourth-order valence-electron chi connectivity index (χ4n) is 1.82. The maximum atomic E-state index is 5.16. The summed E-state index contributed by atoms with van der Waals surface area (Å²) in [7, 11) is 5.65. The fraction of sp³-hybridized carbons (Fsp3) is 0.200. The number of ether oxygens (including phenoxy) is 1. The molecule has 3 heteroatoms. The van der Waals surface area contributed by atoms with Crippen molar-refractivity contribution in [1.29, 1.82) is 0 Å². The molecule has 0 aliphatic heterocycles. The van der Waals surface area contributed by atoms with Gasteiger partial charge < -0.3 is 15.0 Å². The van der Waals surface area contributed by atoms with Crippen molar-refractivity contribution in [2.45, 2.75) is 0 Å². The summed E-state index contributed by atoms with van der Waals surface area (Å²) < 4.78 is 5.16. The van der Waals surface area contributed by atoms with Gasteiger partial charge in [-0.3, -0.25) is 0 Å². The first-order valence-corrected chi connectivity index (χ1v) is 5.90. The number of anilines is 3. The van der Waals surface area contributed by atoms with Crippen molar-refractivity contribution in [2.24, 2.45) is 0 Å². The van der Waals surface area contributed by atoms with Gasteiger partial charge in [-0.25, -0.2) is 0 Å². The smallest absolute Gasteiger partial charge is 0.119 e. The summed E-state index contributed by atoms with van der Waals surface area (Å²) in [6.45, 7) is 0. The summed E-state index contributed by atoms with van der Waals surface area (Å²) in [5.74, 6) is 0.871. The monoisotopic (exact) mass is 242 g/mol. The van der Waals surface area contributed by atoms with E-state index in [2.05, 4.69) is 29.4 Å². The number of nitrogens with one attached hydrogen (secondary N) is 1. The van der Waals surface area contributed by atoms with Crippen LogP contribution in [0.1, 0.15) is 0 Å². The number of hydrogen-bond donors (Lipinski definition) is 1. The second-order valence-corrected chi connectivity index (χ2v) is 4.06. The number of nitrogens with zero attached hydrogens (tertiary/aromatic N) is 1. The van der Waals surface area contributed by atoms with Gasteiger partial charge in [0.05, 0.1) is 7.11 Å². The standard InChI is InChI=1S/C15H18N2O/c1-16-12-5-4-6-14(11-12)17(2)13-7-9-15(18-3)10-8-13/h4-11,16H,1-3H3. The van der Waals surface area contributed by atoms with Crippen LogP contribution in [0.15, 0.2) is 48.5 Å². The molecular formula is C15H18N2O. The molecule has 0 saturated heterocycles. The van der Waals surface area contributed by atoms with Crippen LogP contribution in [-0.2, 0) is 0 Å². The third-order valence-electron chi connectivity index (χ3n) is 2.98. The predicted molar refractivity (Wildman–Crippen MR) is 77.0 cm³/mol. The Bertz CT molecular complexity index is 508. The Hall–Kier alpha value is -2.16. The first-order chi connectivity index (χ1) is 8.74. The van der Waals surface area contributed by atoms with Crippen LogP contribution in [0.4, 0.5) is 17.1 Å². The highest BCUT2D eigenvalue weighted by atomic mass is 16.5. The van der Waals surface area contributed by atoms with E-state index in [4.69, 9.17) is 4.74 Å². The van der Waals surface area contributed by atoms with Crippen LogP contribution in [0.2, 0.25) is 0 Å². The first-order valence-electron chi connectivity index (χ1n) is 5.90. The molecule has 0 fully saturated rings. The van der Waals surface area contributed by atoms with Crippen molar-refractivity contribution >= 4 is 17.1 Å². The molecule has 2 aromatic rings. The van der Waals surface area contributed by atoms with Crippen LogP contribution in [0.3, 0.4) is 0 Å². The van der Waals surface area contributed by atoms with Crippen LogP contribution >= 0.6 is 0 Å². The molecule has 0 amide bonds. The molecule has 2 aromatic carbocycles. The molecule has 3 nitrogen and oxygen atoms in total. The Morgan fingerprint density at radius 3 is 2.33 bits per heavy atom. The summed E-state index contributed by atoms with van der Waals surface area (Å²) in [5.41, 5.74) is 3.38. The van der Waals surface area contributed by atoms with E-state index in [0.717, 1.165) is 22.8 Å². The Morgan fingerprint density at radius 1 is 1.00 bits per heavy atom. The zero-order valence-electron chi connectivity index (χ0n) is 11.0. The number of hydrogen-bond acceptors (Lipinski definition) is 3. The minimum Gasteiger partial charge on any atom is -0.497 e. The van der Waals surface area contributed by atoms with E-state index >= 15 is 0 Å². The molecule has 2 rings (SSSR count). The van der Waals surface area contributed by atoms with E-state index in [1.165, 1.54) is 0 Å². The van der Waals surface area contributed by atoms with E-state index in [1.54, 1.807) is 7.11 Å². The fourth-order valence-corrected chi connectivity index (χ4v) is 1.82. The van der Waals surface area contributed by atoms with Crippen molar-refractivity contribution in [2.75, 3.05) is 31.4 Å². The molecule has 0 aliphatic rings. The van der Waals surface area contributed by atoms with Crippen molar-refractivity contribution in [3.05, 3.63) is 48.5 Å². The molecule has 1 N–H and O–H groups in total. The zero-order valence-corrected chi connectivity index (χ0v) is 11.0. The van der Waals surface area contributed by atoms with Crippen LogP contribution < -0.4 is 15.0 Å². The van der Waals surface area contributed by atoms with Crippen LogP contribution in [0.5, 0.6) is 5.75 Å². The summed E-state index contributed by atoms with van der Waals surface area (Å²) >= 11 is 0. The summed E-state index contributed by atoms with van der Waals surface area (Å²) in [4.78, 5) is 2.14. The van der Waals surface area contributed by atoms with Crippen molar-refractivity contribution in [3.8, 4) is 5.75 Å². The largest absolute Gasteiger partial charge is 0.497 e. The topological polar surface area (TPSA) is 24.5 Å². The van der Waals surface area contributed by atoms with Gasteiger partial charge >= 0.3 is 0 Å². The van der Waals surface area contributed by atoms with E-state index in [9.17, 15) is 0 Å². The lowest BCUT2D eigenvalue weighted by Crippen LogP contribution is -2.09. The second-order valence-electron chi connectivity index (χ2n) is 4.06. The van der Waals surface area contributed by atoms with E-state index < -0.39 is 0 Å². The van der Waals surface area contributed by atoms with Crippen molar-refractivity contribution in [1.82, 2.24) is 0 Å². The molecule has 94 valence electrons. The third kappa shape index (κ3) is 2.56. The van der Waals surface area contributed by atoms with Gasteiger partial charge in [0.25, 0.3) is 0 Å². The van der Waals surface area contributed by atoms with Gasteiger partial charge in [0, 0.05) is 31.2 Å². The molecule has 0 heterocycles. The molecule has 18 heavy (non-hydrogen) atoms. The quantitative estimate of drug-likeness (QED) is 0.888. The molecule has 0 aliphatic carbocycles. The molecule has 0 spiro atoms. The van der Waals surface area contributed by atoms with Gasteiger partial charge in [-0.15, -0.1) is 0 Å². The van der Waals surface area contributed by atoms with Gasteiger partial charge in [-0.2, -0.15) is 0 Å². The minimum atomic E-state index is 0.871. The third-order valence-corrected chi connectivity index (χ3v) is 2.98. The normalized spacial score (nSPS) is 9.94. The highest BCUT2D eigenvalue weighted by Gasteiger charge is 2.04. The Morgan fingerprint density at radius 2 is 1.72 bits per heavy atom. The van der Waals surface area contributed by atoms with Crippen LogP contribution in [-0.4, -0.2) is 21.2 Å². The number of rotatable bonds is 4. The molecule has 0 unspecified atom stereocenters. The SMILES string of the molecule is CNc1cccc(N(C)c2ccc(OC)cc2)c1. The van der Waals surface area contributed by atoms with Gasteiger partial charge in [-0.05, 0) is 42.5 Å². The Labute approximate surface area is 108 Å². The zero-order chi connectivity index (χ0) is 13.0. The van der Waals surface area contributed by atoms with Crippen LogP contribution in [0, 0.1) is 0 Å². The Kier molecular flexibility index (Phi) is 3.72. The number of methoxy groups -OCH3 is 1. The molecule has 0 radical (unpaired) electrons. The van der Waals surface area contributed by atoms with Gasteiger partial charge in [-0.1, -0.05) is 6.07 Å².